The second kappa shape index (κ2) is 5.98. The van der Waals surface area contributed by atoms with E-state index in [-0.39, 0.29) is 18.4 Å². The number of aromatic hydroxyl groups is 1. The predicted octanol–water partition coefficient (Wildman–Crippen LogP) is 2.89. The van der Waals surface area contributed by atoms with E-state index in [1.165, 1.54) is 6.92 Å². The number of hydrogen-bond acceptors (Lipinski definition) is 5. The number of hydrogen-bond donors (Lipinski definition) is 2. The van der Waals surface area contributed by atoms with Gasteiger partial charge in [-0.05, 0) is 23.8 Å². The Hall–Kier alpha value is -3.28. The van der Waals surface area contributed by atoms with E-state index in [0.717, 1.165) is 10.9 Å². The van der Waals surface area contributed by atoms with Crippen LogP contribution in [-0.4, -0.2) is 22.8 Å². The highest BCUT2D eigenvalue weighted by Gasteiger charge is 2.23. The minimum Gasteiger partial charge on any atom is -0.505 e. The van der Waals surface area contributed by atoms with Gasteiger partial charge in [0.15, 0.2) is 11.5 Å². The van der Waals surface area contributed by atoms with Gasteiger partial charge in [0, 0.05) is 24.1 Å². The lowest BCUT2D eigenvalue weighted by Crippen LogP contribution is -2.27. The average Bonchev–Trinajstić information content (AvgIpc) is 3.08. The Morgan fingerprint density at radius 2 is 2.04 bits per heavy atom. The first kappa shape index (κ1) is 15.3. The molecule has 25 heavy (non-hydrogen) atoms. The van der Waals surface area contributed by atoms with Crippen molar-refractivity contribution in [2.24, 2.45) is 0 Å². The fraction of sp³-hybridized carbons (Fsp3) is 0.158. The fourth-order valence-corrected chi connectivity index (χ4v) is 3.01. The van der Waals surface area contributed by atoms with E-state index in [0.29, 0.717) is 22.6 Å². The van der Waals surface area contributed by atoms with Gasteiger partial charge >= 0.3 is 0 Å². The van der Waals surface area contributed by atoms with Crippen LogP contribution in [0.2, 0.25) is 0 Å². The Balaban J connectivity index is 1.85. The van der Waals surface area contributed by atoms with Crippen LogP contribution >= 0.6 is 0 Å². The molecule has 0 bridgehead atoms. The minimum absolute atomic E-state index is 0.0505. The van der Waals surface area contributed by atoms with Crippen molar-refractivity contribution in [1.29, 1.82) is 0 Å². The molecule has 0 saturated heterocycles. The van der Waals surface area contributed by atoms with E-state index in [9.17, 15) is 9.90 Å². The highest BCUT2D eigenvalue weighted by Crippen LogP contribution is 2.39. The molecule has 1 aromatic heterocycles. The van der Waals surface area contributed by atoms with Crippen LogP contribution in [0.15, 0.2) is 48.7 Å². The third-order valence-electron chi connectivity index (χ3n) is 4.17. The topological polar surface area (TPSA) is 80.7 Å². The van der Waals surface area contributed by atoms with Gasteiger partial charge in [0.05, 0.1) is 6.04 Å². The van der Waals surface area contributed by atoms with Gasteiger partial charge in [0.25, 0.3) is 0 Å². The summed E-state index contributed by atoms with van der Waals surface area (Å²) in [4.78, 5) is 16.0. The summed E-state index contributed by atoms with van der Waals surface area (Å²) < 4.78 is 10.8. The lowest BCUT2D eigenvalue weighted by molar-refractivity contribution is -0.119. The van der Waals surface area contributed by atoms with Gasteiger partial charge in [-0.3, -0.25) is 9.78 Å². The molecular weight excluding hydrogens is 320 g/mol. The van der Waals surface area contributed by atoms with Crippen LogP contribution < -0.4 is 14.8 Å². The molecule has 1 aliphatic rings. The van der Waals surface area contributed by atoms with E-state index >= 15 is 0 Å². The number of pyridine rings is 1. The summed E-state index contributed by atoms with van der Waals surface area (Å²) in [5.74, 6) is 1.12. The molecule has 0 radical (unpaired) electrons. The predicted molar refractivity (Wildman–Crippen MR) is 91.6 cm³/mol. The van der Waals surface area contributed by atoms with Crippen molar-refractivity contribution >= 4 is 16.8 Å². The molecule has 0 spiro atoms. The van der Waals surface area contributed by atoms with Crippen molar-refractivity contribution in [3.05, 3.63) is 59.8 Å². The molecule has 3 aromatic rings. The minimum atomic E-state index is -0.529. The number of fused-ring (bicyclic) bond motifs is 2. The summed E-state index contributed by atoms with van der Waals surface area (Å²) in [5.41, 5.74) is 1.85. The third-order valence-corrected chi connectivity index (χ3v) is 4.17. The second-order valence-corrected chi connectivity index (χ2v) is 5.82. The normalized spacial score (nSPS) is 13.6. The van der Waals surface area contributed by atoms with Crippen LogP contribution in [0, 0.1) is 0 Å². The Morgan fingerprint density at radius 1 is 1.20 bits per heavy atom. The fourth-order valence-electron chi connectivity index (χ4n) is 3.01. The van der Waals surface area contributed by atoms with Crippen LogP contribution in [-0.2, 0) is 4.79 Å². The maximum Gasteiger partial charge on any atom is 0.231 e. The number of benzene rings is 2. The number of carbonyl (C=O) groups excluding carboxylic acids is 1. The first-order valence-corrected chi connectivity index (χ1v) is 7.87. The Labute approximate surface area is 144 Å². The van der Waals surface area contributed by atoms with Crippen molar-refractivity contribution in [1.82, 2.24) is 10.3 Å². The molecule has 0 aliphatic carbocycles. The molecule has 2 heterocycles. The zero-order valence-electron chi connectivity index (χ0n) is 13.5. The monoisotopic (exact) mass is 336 g/mol. The Bertz CT molecular complexity index is 971. The standard InChI is InChI=1S/C19H16N2O4/c1-11(22)21-17(13-5-7-15-16(9-13)25-10-24-15)14-6-4-12-3-2-8-20-18(12)19(14)23/h2-9,17,23H,10H2,1H3,(H,21,22)/t17-/m1/s1. The van der Waals surface area contributed by atoms with Gasteiger partial charge < -0.3 is 19.9 Å². The molecular formula is C19H16N2O4. The highest BCUT2D eigenvalue weighted by atomic mass is 16.7. The quantitative estimate of drug-likeness (QED) is 0.769. The molecule has 6 nitrogen and oxygen atoms in total. The Morgan fingerprint density at radius 3 is 2.88 bits per heavy atom. The molecule has 1 atom stereocenters. The van der Waals surface area contributed by atoms with Crippen LogP contribution in [0.25, 0.3) is 10.9 Å². The van der Waals surface area contributed by atoms with Gasteiger partial charge in [-0.2, -0.15) is 0 Å². The van der Waals surface area contributed by atoms with Gasteiger partial charge in [0.2, 0.25) is 12.7 Å². The van der Waals surface area contributed by atoms with Gasteiger partial charge in [0.1, 0.15) is 11.3 Å². The number of aromatic nitrogens is 1. The van der Waals surface area contributed by atoms with Crippen LogP contribution in [0.1, 0.15) is 24.1 Å². The van der Waals surface area contributed by atoms with Crippen LogP contribution in [0.3, 0.4) is 0 Å². The molecule has 1 amide bonds. The van der Waals surface area contributed by atoms with E-state index < -0.39 is 6.04 Å². The lowest BCUT2D eigenvalue weighted by atomic mass is 9.96. The number of nitrogens with zero attached hydrogens (tertiary/aromatic N) is 1. The Kier molecular flexibility index (Phi) is 3.65. The van der Waals surface area contributed by atoms with Crippen molar-refractivity contribution in [2.45, 2.75) is 13.0 Å². The van der Waals surface area contributed by atoms with Crippen LogP contribution in [0.5, 0.6) is 17.2 Å². The van der Waals surface area contributed by atoms with Crippen LogP contribution in [0.4, 0.5) is 0 Å². The van der Waals surface area contributed by atoms with E-state index in [2.05, 4.69) is 10.3 Å². The van der Waals surface area contributed by atoms with E-state index in [1.54, 1.807) is 18.3 Å². The van der Waals surface area contributed by atoms with E-state index in [1.807, 2.05) is 30.3 Å². The highest BCUT2D eigenvalue weighted by molar-refractivity contribution is 5.86. The van der Waals surface area contributed by atoms with Gasteiger partial charge in [-0.15, -0.1) is 0 Å². The zero-order valence-corrected chi connectivity index (χ0v) is 13.5. The number of rotatable bonds is 3. The molecule has 6 heteroatoms. The number of nitrogens with one attached hydrogen (secondary N) is 1. The molecule has 2 aromatic carbocycles. The molecule has 1 aliphatic heterocycles. The van der Waals surface area contributed by atoms with Crippen molar-refractivity contribution in [3.8, 4) is 17.2 Å². The SMILES string of the molecule is CC(=O)N[C@H](c1ccc2c(c1)OCO2)c1ccc2cccnc2c1O. The first-order valence-electron chi connectivity index (χ1n) is 7.87. The van der Waals surface area contributed by atoms with Crippen molar-refractivity contribution in [2.75, 3.05) is 6.79 Å². The summed E-state index contributed by atoms with van der Waals surface area (Å²) in [6, 6.07) is 12.3. The molecule has 2 N–H and O–H groups in total. The number of carbonyl (C=O) groups is 1. The van der Waals surface area contributed by atoms with Crippen molar-refractivity contribution < 1.29 is 19.4 Å². The first-order chi connectivity index (χ1) is 12.1. The maximum absolute atomic E-state index is 11.7. The molecule has 4 rings (SSSR count). The number of amides is 1. The maximum atomic E-state index is 11.7. The van der Waals surface area contributed by atoms with Gasteiger partial charge in [-0.25, -0.2) is 0 Å². The largest absolute Gasteiger partial charge is 0.505 e. The number of phenolic OH excluding ortho intramolecular Hbond substituents is 1. The summed E-state index contributed by atoms with van der Waals surface area (Å²) in [7, 11) is 0. The molecule has 0 saturated carbocycles. The third kappa shape index (κ3) is 2.71. The molecule has 126 valence electrons. The summed E-state index contributed by atoms with van der Waals surface area (Å²) in [6.07, 6.45) is 1.62. The van der Waals surface area contributed by atoms with Crippen molar-refractivity contribution in [3.63, 3.8) is 0 Å². The smallest absolute Gasteiger partial charge is 0.231 e. The van der Waals surface area contributed by atoms with Gasteiger partial charge in [-0.1, -0.05) is 24.3 Å². The second-order valence-electron chi connectivity index (χ2n) is 5.82. The summed E-state index contributed by atoms with van der Waals surface area (Å²) >= 11 is 0. The zero-order chi connectivity index (χ0) is 17.4. The van der Waals surface area contributed by atoms with E-state index in [4.69, 9.17) is 9.47 Å². The lowest BCUT2D eigenvalue weighted by Gasteiger charge is -2.21. The average molecular weight is 336 g/mol. The molecule has 0 unspecified atom stereocenters. The number of ether oxygens (including phenoxy) is 2. The number of phenols is 1. The summed E-state index contributed by atoms with van der Waals surface area (Å²) in [6.45, 7) is 1.62. The molecule has 0 fully saturated rings. The summed E-state index contributed by atoms with van der Waals surface area (Å²) in [5, 5.41) is 14.4.